The van der Waals surface area contributed by atoms with Gasteiger partial charge in [0.25, 0.3) is 11.6 Å². The normalized spacial score (nSPS) is 23.0. The molecule has 2 aromatic carbocycles. The molecule has 1 atom stereocenters. The first-order chi connectivity index (χ1) is 12.6. The summed E-state index contributed by atoms with van der Waals surface area (Å²) in [6, 6.07) is 14.4. The van der Waals surface area contributed by atoms with E-state index in [9.17, 15) is 9.50 Å². The van der Waals surface area contributed by atoms with Gasteiger partial charge in [-0.1, -0.05) is 18.2 Å². The molecule has 0 saturated carbocycles. The highest BCUT2D eigenvalue weighted by Gasteiger charge is 2.55. The van der Waals surface area contributed by atoms with Gasteiger partial charge in [-0.2, -0.15) is 4.90 Å². The molecule has 2 aliphatic heterocycles. The van der Waals surface area contributed by atoms with Crippen LogP contribution >= 0.6 is 0 Å². The Morgan fingerprint density at radius 2 is 1.92 bits per heavy atom. The Kier molecular flexibility index (Phi) is 4.41. The van der Waals surface area contributed by atoms with E-state index in [1.54, 1.807) is 12.1 Å². The monoisotopic (exact) mass is 355 g/mol. The van der Waals surface area contributed by atoms with Crippen LogP contribution in [0.2, 0.25) is 0 Å². The summed E-state index contributed by atoms with van der Waals surface area (Å²) >= 11 is 0. The number of hydrogen-bond donors (Lipinski definition) is 1. The molecule has 136 valence electrons. The van der Waals surface area contributed by atoms with Gasteiger partial charge < -0.3 is 9.84 Å². The van der Waals surface area contributed by atoms with E-state index >= 15 is 0 Å². The molecule has 4 nitrogen and oxygen atoms in total. The number of amidine groups is 1. The first kappa shape index (κ1) is 17.0. The molecule has 2 aliphatic rings. The van der Waals surface area contributed by atoms with Crippen LogP contribution in [0.4, 0.5) is 10.1 Å². The lowest BCUT2D eigenvalue weighted by Gasteiger charge is -2.29. The fourth-order valence-corrected chi connectivity index (χ4v) is 4.12. The van der Waals surface area contributed by atoms with Crippen molar-refractivity contribution in [1.82, 2.24) is 0 Å². The molecule has 0 amide bonds. The number of benzene rings is 2. The second-order valence-electron chi connectivity index (χ2n) is 6.98. The van der Waals surface area contributed by atoms with Crippen LogP contribution in [0.1, 0.15) is 31.2 Å². The van der Waals surface area contributed by atoms with E-state index in [2.05, 4.69) is 4.58 Å². The molecule has 0 unspecified atom stereocenters. The summed E-state index contributed by atoms with van der Waals surface area (Å²) in [7, 11) is 1.51. The van der Waals surface area contributed by atoms with Gasteiger partial charge in [0.1, 0.15) is 17.3 Å². The Morgan fingerprint density at radius 1 is 1.12 bits per heavy atom. The Morgan fingerprint density at radius 3 is 2.65 bits per heavy atom. The summed E-state index contributed by atoms with van der Waals surface area (Å²) in [5.74, 6) is 1.07. The largest absolute Gasteiger partial charge is 0.497 e. The molecular formula is C21H24FN2O2+. The number of nitrogens with zero attached hydrogens (tertiary/aromatic N) is 2. The van der Waals surface area contributed by atoms with Crippen molar-refractivity contribution in [2.24, 2.45) is 0 Å². The first-order valence-corrected chi connectivity index (χ1v) is 9.16. The van der Waals surface area contributed by atoms with Crippen molar-refractivity contribution < 1.29 is 18.8 Å². The third kappa shape index (κ3) is 2.76. The molecule has 4 rings (SSSR count). The maximum Gasteiger partial charge on any atom is 0.278 e. The van der Waals surface area contributed by atoms with Gasteiger partial charge in [0.05, 0.1) is 19.2 Å². The van der Waals surface area contributed by atoms with E-state index in [-0.39, 0.29) is 5.56 Å². The number of ether oxygens (including phenoxy) is 1. The van der Waals surface area contributed by atoms with Gasteiger partial charge >= 0.3 is 0 Å². The second-order valence-corrected chi connectivity index (χ2v) is 6.98. The first-order valence-electron chi connectivity index (χ1n) is 9.16. The van der Waals surface area contributed by atoms with Crippen molar-refractivity contribution in [3.05, 3.63) is 59.9 Å². The minimum atomic E-state index is -1.44. The summed E-state index contributed by atoms with van der Waals surface area (Å²) in [5, 5.41) is 11.7. The van der Waals surface area contributed by atoms with Crippen LogP contribution in [0.15, 0.2) is 48.5 Å². The van der Waals surface area contributed by atoms with E-state index in [0.717, 1.165) is 37.3 Å². The molecule has 0 saturated heterocycles. The van der Waals surface area contributed by atoms with Gasteiger partial charge in [-0.05, 0) is 43.5 Å². The highest BCUT2D eigenvalue weighted by molar-refractivity contribution is 5.97. The van der Waals surface area contributed by atoms with Crippen molar-refractivity contribution in [1.29, 1.82) is 0 Å². The van der Waals surface area contributed by atoms with Crippen molar-refractivity contribution in [3.63, 3.8) is 0 Å². The lowest BCUT2D eigenvalue weighted by atomic mass is 9.99. The molecule has 0 bridgehead atoms. The molecule has 0 fully saturated rings. The van der Waals surface area contributed by atoms with Gasteiger partial charge in [-0.3, -0.25) is 4.58 Å². The topological polar surface area (TPSA) is 35.7 Å². The number of hydrogen-bond acceptors (Lipinski definition) is 3. The van der Waals surface area contributed by atoms with Crippen molar-refractivity contribution >= 4 is 11.5 Å². The maximum absolute atomic E-state index is 14.9. The van der Waals surface area contributed by atoms with Gasteiger partial charge in [0.15, 0.2) is 6.54 Å². The lowest BCUT2D eigenvalue weighted by molar-refractivity contribution is -0.534. The molecule has 26 heavy (non-hydrogen) atoms. The Labute approximate surface area is 153 Å². The summed E-state index contributed by atoms with van der Waals surface area (Å²) < 4.78 is 22.2. The van der Waals surface area contributed by atoms with Crippen molar-refractivity contribution in [2.45, 2.75) is 31.4 Å². The van der Waals surface area contributed by atoms with E-state index < -0.39 is 11.5 Å². The number of halogens is 1. The fourth-order valence-electron chi connectivity index (χ4n) is 4.12. The molecule has 2 aromatic rings. The summed E-state index contributed by atoms with van der Waals surface area (Å²) in [5.41, 5.74) is -0.281. The van der Waals surface area contributed by atoms with E-state index in [1.807, 2.05) is 35.2 Å². The van der Waals surface area contributed by atoms with Gasteiger partial charge in [0.2, 0.25) is 0 Å². The lowest BCUT2D eigenvalue weighted by Crippen LogP contribution is -2.48. The van der Waals surface area contributed by atoms with Gasteiger partial charge in [0, 0.05) is 12.5 Å². The SMILES string of the molecule is COc1ccc([C@]2(O)C[N+]3=C(CCCCC3)N2c2ccccc2)c(F)c1. The van der Waals surface area contributed by atoms with Crippen molar-refractivity contribution in [2.75, 3.05) is 25.1 Å². The summed E-state index contributed by atoms with van der Waals surface area (Å²) in [4.78, 5) is 1.92. The van der Waals surface area contributed by atoms with Crippen LogP contribution in [0, 0.1) is 5.82 Å². The molecule has 2 heterocycles. The van der Waals surface area contributed by atoms with Crippen LogP contribution in [-0.2, 0) is 5.72 Å². The average molecular weight is 355 g/mol. The third-order valence-corrected chi connectivity index (χ3v) is 5.35. The molecule has 0 spiro atoms. The van der Waals surface area contributed by atoms with Crippen LogP contribution in [0.5, 0.6) is 5.75 Å². The van der Waals surface area contributed by atoms with E-state index in [4.69, 9.17) is 4.74 Å². The zero-order chi connectivity index (χ0) is 18.1. The Hall–Kier alpha value is -2.40. The van der Waals surface area contributed by atoms with Gasteiger partial charge in [-0.25, -0.2) is 4.39 Å². The molecule has 0 aliphatic carbocycles. The minimum Gasteiger partial charge on any atom is -0.497 e. The predicted molar refractivity (Wildman–Crippen MR) is 99.2 cm³/mol. The molecule has 5 heteroatoms. The highest BCUT2D eigenvalue weighted by Crippen LogP contribution is 2.39. The second kappa shape index (κ2) is 6.72. The van der Waals surface area contributed by atoms with Crippen LogP contribution in [0.3, 0.4) is 0 Å². The van der Waals surface area contributed by atoms with E-state index in [1.165, 1.54) is 19.6 Å². The Bertz CT molecular complexity index is 837. The van der Waals surface area contributed by atoms with Gasteiger partial charge in [-0.15, -0.1) is 0 Å². The van der Waals surface area contributed by atoms with Crippen LogP contribution in [0.25, 0.3) is 0 Å². The minimum absolute atomic E-state index is 0.280. The number of methoxy groups -OCH3 is 1. The molecular weight excluding hydrogens is 331 g/mol. The Balaban J connectivity index is 1.84. The number of rotatable bonds is 3. The number of para-hydroxylation sites is 1. The third-order valence-electron chi connectivity index (χ3n) is 5.35. The number of anilines is 1. The number of aliphatic hydroxyl groups is 1. The summed E-state index contributed by atoms with van der Waals surface area (Å²) in [6.07, 6.45) is 4.23. The zero-order valence-corrected chi connectivity index (χ0v) is 15.0. The molecule has 0 radical (unpaired) electrons. The average Bonchev–Trinajstić information content (AvgIpc) is 2.78. The zero-order valence-electron chi connectivity index (χ0n) is 15.0. The summed E-state index contributed by atoms with van der Waals surface area (Å²) in [6.45, 7) is 1.25. The quantitative estimate of drug-likeness (QED) is 0.856. The van der Waals surface area contributed by atoms with Crippen LogP contribution < -0.4 is 9.64 Å². The van der Waals surface area contributed by atoms with E-state index in [0.29, 0.717) is 12.3 Å². The van der Waals surface area contributed by atoms with Crippen LogP contribution in [-0.4, -0.2) is 35.7 Å². The standard InChI is InChI=1S/C21H24FN2O2/c1-26-17-11-12-18(19(22)14-17)21(25)15-23-13-7-3-6-10-20(23)24(21)16-8-4-2-5-9-16/h2,4-5,8-9,11-12,14,25H,3,6-7,10,13,15H2,1H3/q+1/t21-/m1/s1. The molecule has 1 N–H and O–H groups in total. The predicted octanol–water partition coefficient (Wildman–Crippen LogP) is 3.48. The highest BCUT2D eigenvalue weighted by atomic mass is 19.1. The molecule has 0 aromatic heterocycles. The maximum atomic E-state index is 14.9. The smallest absolute Gasteiger partial charge is 0.278 e. The fraction of sp³-hybridized carbons (Fsp3) is 0.381. The van der Waals surface area contributed by atoms with Crippen molar-refractivity contribution in [3.8, 4) is 5.75 Å².